The summed E-state index contributed by atoms with van der Waals surface area (Å²) in [5, 5.41) is 12.9. The smallest absolute Gasteiger partial charge is 0.310 e. The summed E-state index contributed by atoms with van der Waals surface area (Å²) < 4.78 is 18.5. The molecule has 130 valence electrons. The Morgan fingerprint density at radius 1 is 1.39 bits per heavy atom. The van der Waals surface area contributed by atoms with Crippen LogP contribution in [0.15, 0.2) is 24.3 Å². The van der Waals surface area contributed by atoms with E-state index in [9.17, 15) is 14.3 Å². The Balaban J connectivity index is 2.75. The fourth-order valence-electron chi connectivity index (χ4n) is 2.70. The van der Waals surface area contributed by atoms with E-state index in [2.05, 4.69) is 5.32 Å². The second-order valence-electron chi connectivity index (χ2n) is 5.99. The minimum absolute atomic E-state index is 0.0496. The van der Waals surface area contributed by atoms with E-state index < -0.39 is 11.4 Å². The summed E-state index contributed by atoms with van der Waals surface area (Å²) in [7, 11) is 1.64. The Labute approximate surface area is 138 Å². The van der Waals surface area contributed by atoms with Gasteiger partial charge in [-0.05, 0) is 43.4 Å². The maximum absolute atomic E-state index is 13.3. The molecule has 0 heterocycles. The number of carbonyl (C=O) groups is 1. The van der Waals surface area contributed by atoms with Gasteiger partial charge in [0.25, 0.3) is 0 Å². The van der Waals surface area contributed by atoms with Crippen LogP contribution in [-0.4, -0.2) is 37.4 Å². The number of carboxylic acid groups (broad SMARTS) is 1. The highest BCUT2D eigenvalue weighted by molar-refractivity contribution is 5.74. The third-order valence-electron chi connectivity index (χ3n) is 4.58. The van der Waals surface area contributed by atoms with Crippen LogP contribution >= 0.6 is 0 Å². The predicted molar refractivity (Wildman–Crippen MR) is 89.0 cm³/mol. The minimum atomic E-state index is -0.772. The summed E-state index contributed by atoms with van der Waals surface area (Å²) in [6.07, 6.45) is 2.53. The molecule has 1 atom stereocenters. The monoisotopic (exact) mass is 325 g/mol. The Morgan fingerprint density at radius 3 is 2.61 bits per heavy atom. The highest BCUT2D eigenvalue weighted by Gasteiger charge is 2.35. The van der Waals surface area contributed by atoms with E-state index in [4.69, 9.17) is 4.74 Å². The number of benzene rings is 1. The molecule has 0 aromatic heterocycles. The normalized spacial score (nSPS) is 13.0. The van der Waals surface area contributed by atoms with Crippen LogP contribution in [0, 0.1) is 11.2 Å². The number of nitrogens with one attached hydrogen (secondary N) is 1. The predicted octanol–water partition coefficient (Wildman–Crippen LogP) is 3.25. The van der Waals surface area contributed by atoms with Gasteiger partial charge in [0.15, 0.2) is 0 Å². The summed E-state index contributed by atoms with van der Waals surface area (Å²) in [5.41, 5.74) is 0.139. The summed E-state index contributed by atoms with van der Waals surface area (Å²) in [6.45, 7) is 4.77. The van der Waals surface area contributed by atoms with E-state index in [1.165, 1.54) is 12.1 Å². The molecule has 0 spiro atoms. The van der Waals surface area contributed by atoms with Gasteiger partial charge in [0.1, 0.15) is 5.82 Å². The second-order valence-corrected chi connectivity index (χ2v) is 5.99. The molecule has 0 aliphatic carbocycles. The molecule has 23 heavy (non-hydrogen) atoms. The fourth-order valence-corrected chi connectivity index (χ4v) is 2.70. The van der Waals surface area contributed by atoms with Crippen LogP contribution in [0.1, 0.15) is 38.7 Å². The third kappa shape index (κ3) is 5.92. The van der Waals surface area contributed by atoms with Gasteiger partial charge < -0.3 is 15.2 Å². The van der Waals surface area contributed by atoms with E-state index in [1.54, 1.807) is 13.2 Å². The SMILES string of the molecule is CCC(CC)(CNC(CCOC)Cc1cccc(F)c1)C(=O)O. The molecule has 2 N–H and O–H groups in total. The van der Waals surface area contributed by atoms with Crippen LogP contribution in [-0.2, 0) is 16.0 Å². The van der Waals surface area contributed by atoms with Crippen molar-refractivity contribution < 1.29 is 19.0 Å². The summed E-state index contributed by atoms with van der Waals surface area (Å²) in [4.78, 5) is 11.6. The zero-order valence-electron chi connectivity index (χ0n) is 14.3. The average molecular weight is 325 g/mol. The third-order valence-corrected chi connectivity index (χ3v) is 4.58. The molecule has 1 aromatic rings. The van der Waals surface area contributed by atoms with Crippen molar-refractivity contribution >= 4 is 5.97 Å². The topological polar surface area (TPSA) is 58.6 Å². The van der Waals surface area contributed by atoms with E-state index >= 15 is 0 Å². The summed E-state index contributed by atoms with van der Waals surface area (Å²) in [6, 6.07) is 6.57. The molecule has 1 rings (SSSR count). The molecule has 0 aliphatic rings. The highest BCUT2D eigenvalue weighted by atomic mass is 19.1. The lowest BCUT2D eigenvalue weighted by Crippen LogP contribution is -2.45. The van der Waals surface area contributed by atoms with E-state index in [1.807, 2.05) is 19.9 Å². The lowest BCUT2D eigenvalue weighted by molar-refractivity contribution is -0.149. The molecule has 0 saturated heterocycles. The molecular formula is C18H28FNO3. The number of carboxylic acids is 1. The van der Waals surface area contributed by atoms with Crippen molar-refractivity contribution in [3.63, 3.8) is 0 Å². The first-order valence-corrected chi connectivity index (χ1v) is 8.17. The Bertz CT molecular complexity index is 489. The molecule has 0 bridgehead atoms. The minimum Gasteiger partial charge on any atom is -0.481 e. The molecular weight excluding hydrogens is 297 g/mol. The second kappa shape index (κ2) is 9.63. The zero-order valence-corrected chi connectivity index (χ0v) is 14.3. The van der Waals surface area contributed by atoms with Gasteiger partial charge in [-0.25, -0.2) is 4.39 Å². The zero-order chi connectivity index (χ0) is 17.3. The van der Waals surface area contributed by atoms with Crippen LogP contribution in [0.25, 0.3) is 0 Å². The number of aliphatic carboxylic acids is 1. The number of halogens is 1. The molecule has 1 aromatic carbocycles. The largest absolute Gasteiger partial charge is 0.481 e. The van der Waals surface area contributed by atoms with E-state index in [0.29, 0.717) is 32.4 Å². The van der Waals surface area contributed by atoms with E-state index in [0.717, 1.165) is 12.0 Å². The van der Waals surface area contributed by atoms with Gasteiger partial charge in [-0.3, -0.25) is 4.79 Å². The van der Waals surface area contributed by atoms with Gasteiger partial charge in [0.2, 0.25) is 0 Å². The molecule has 0 amide bonds. The lowest BCUT2D eigenvalue weighted by Gasteiger charge is -2.30. The van der Waals surface area contributed by atoms with Crippen molar-refractivity contribution in [2.75, 3.05) is 20.3 Å². The molecule has 0 saturated carbocycles. The summed E-state index contributed by atoms with van der Waals surface area (Å²) in [5.74, 6) is -1.03. The number of ether oxygens (including phenoxy) is 1. The maximum atomic E-state index is 13.3. The molecule has 0 fully saturated rings. The van der Waals surface area contributed by atoms with Gasteiger partial charge in [-0.15, -0.1) is 0 Å². The van der Waals surface area contributed by atoms with Crippen LogP contribution in [0.5, 0.6) is 0 Å². The number of methoxy groups -OCH3 is 1. The number of rotatable bonds is 11. The van der Waals surface area contributed by atoms with Gasteiger partial charge in [-0.1, -0.05) is 26.0 Å². The van der Waals surface area contributed by atoms with Crippen LogP contribution in [0.4, 0.5) is 4.39 Å². The van der Waals surface area contributed by atoms with Crippen LogP contribution < -0.4 is 5.32 Å². The van der Waals surface area contributed by atoms with Gasteiger partial charge in [-0.2, -0.15) is 0 Å². The van der Waals surface area contributed by atoms with Gasteiger partial charge >= 0.3 is 5.97 Å². The Hall–Kier alpha value is -1.46. The van der Waals surface area contributed by atoms with Crippen molar-refractivity contribution in [2.24, 2.45) is 5.41 Å². The average Bonchev–Trinajstić information content (AvgIpc) is 2.53. The Morgan fingerprint density at radius 2 is 2.09 bits per heavy atom. The maximum Gasteiger partial charge on any atom is 0.310 e. The Kier molecular flexibility index (Phi) is 8.20. The van der Waals surface area contributed by atoms with Gasteiger partial charge in [0, 0.05) is 26.3 Å². The quantitative estimate of drug-likeness (QED) is 0.656. The fraction of sp³-hybridized carbons (Fsp3) is 0.611. The van der Waals surface area contributed by atoms with Crippen molar-refractivity contribution in [3.05, 3.63) is 35.6 Å². The first kappa shape index (κ1) is 19.6. The molecule has 5 heteroatoms. The van der Waals surface area contributed by atoms with Crippen molar-refractivity contribution in [1.82, 2.24) is 5.32 Å². The van der Waals surface area contributed by atoms with Gasteiger partial charge in [0.05, 0.1) is 5.41 Å². The van der Waals surface area contributed by atoms with Crippen molar-refractivity contribution in [2.45, 2.75) is 45.6 Å². The van der Waals surface area contributed by atoms with Crippen LogP contribution in [0.2, 0.25) is 0 Å². The summed E-state index contributed by atoms with van der Waals surface area (Å²) >= 11 is 0. The van der Waals surface area contributed by atoms with E-state index in [-0.39, 0.29) is 11.9 Å². The lowest BCUT2D eigenvalue weighted by atomic mass is 9.82. The van der Waals surface area contributed by atoms with Crippen molar-refractivity contribution in [3.8, 4) is 0 Å². The van der Waals surface area contributed by atoms with Crippen molar-refractivity contribution in [1.29, 1.82) is 0 Å². The van der Waals surface area contributed by atoms with Crippen LogP contribution in [0.3, 0.4) is 0 Å². The molecule has 0 radical (unpaired) electrons. The number of hydrogen-bond acceptors (Lipinski definition) is 3. The number of hydrogen-bond donors (Lipinski definition) is 2. The first-order chi connectivity index (χ1) is 11.0. The first-order valence-electron chi connectivity index (χ1n) is 8.17. The molecule has 1 unspecified atom stereocenters. The molecule has 4 nitrogen and oxygen atoms in total. The highest BCUT2D eigenvalue weighted by Crippen LogP contribution is 2.26. The molecule has 0 aliphatic heterocycles. The standard InChI is InChI=1S/C18H28FNO3/c1-4-18(5-2,17(21)22)13-20-16(9-10-23-3)12-14-7-6-8-15(19)11-14/h6-8,11,16,20H,4-5,9-10,12-13H2,1-3H3,(H,21,22).